The van der Waals surface area contributed by atoms with Crippen LogP contribution in [0.2, 0.25) is 0 Å². The molecule has 2 N–H and O–H groups in total. The molecule has 28 heavy (non-hydrogen) atoms. The zero-order valence-corrected chi connectivity index (χ0v) is 15.7. The van der Waals surface area contributed by atoms with Crippen molar-refractivity contribution in [2.75, 3.05) is 18.4 Å². The van der Waals surface area contributed by atoms with Crippen molar-refractivity contribution < 1.29 is 14.0 Å². The third kappa shape index (κ3) is 4.09. The molecule has 1 saturated heterocycles. The lowest BCUT2D eigenvalue weighted by Gasteiger charge is -2.16. The highest BCUT2D eigenvalue weighted by molar-refractivity contribution is 7.13. The molecule has 144 valence electrons. The number of rotatable bonds is 5. The Morgan fingerprint density at radius 1 is 1.32 bits per heavy atom. The number of amides is 2. The molecule has 0 bridgehead atoms. The number of hydrogen-bond acceptors (Lipinski definition) is 5. The summed E-state index contributed by atoms with van der Waals surface area (Å²) in [6.45, 7) is 1.21. The highest BCUT2D eigenvalue weighted by atomic mass is 32.1. The number of H-pyrrole nitrogens is 1. The number of anilines is 1. The van der Waals surface area contributed by atoms with Crippen molar-refractivity contribution in [2.45, 2.75) is 18.8 Å². The molecule has 1 fully saturated rings. The molecule has 1 unspecified atom stereocenters. The monoisotopic (exact) mass is 399 g/mol. The van der Waals surface area contributed by atoms with Gasteiger partial charge < -0.3 is 4.90 Å². The standard InChI is InChI=1S/C19H18FN5O2S/c20-14-3-1-12(2-4-14)9-17(26)25-7-5-13(11-25)15-10-16(24-23-15)18(27)22-19-21-6-8-28-19/h1-4,6,8,10,13H,5,7,9,11H2,(H,23,24)(H,21,22,27). The van der Waals surface area contributed by atoms with Crippen molar-refractivity contribution in [1.82, 2.24) is 20.1 Å². The van der Waals surface area contributed by atoms with Crippen LogP contribution in [-0.4, -0.2) is 45.0 Å². The molecule has 0 radical (unpaired) electrons. The fourth-order valence-corrected chi connectivity index (χ4v) is 3.76. The molecule has 0 saturated carbocycles. The first-order valence-corrected chi connectivity index (χ1v) is 9.75. The van der Waals surface area contributed by atoms with Crippen molar-refractivity contribution in [2.24, 2.45) is 0 Å². The van der Waals surface area contributed by atoms with Gasteiger partial charge in [-0.2, -0.15) is 5.10 Å². The molecule has 1 aromatic carbocycles. The van der Waals surface area contributed by atoms with E-state index in [0.717, 1.165) is 17.7 Å². The Kier molecular flexibility index (Phi) is 5.16. The fourth-order valence-electron chi connectivity index (χ4n) is 3.24. The quantitative estimate of drug-likeness (QED) is 0.690. The first kappa shape index (κ1) is 18.3. The van der Waals surface area contributed by atoms with Crippen molar-refractivity contribution in [1.29, 1.82) is 0 Å². The maximum Gasteiger partial charge on any atom is 0.277 e. The number of halogens is 1. The Morgan fingerprint density at radius 2 is 2.14 bits per heavy atom. The topological polar surface area (TPSA) is 91.0 Å². The van der Waals surface area contributed by atoms with Crippen LogP contribution in [0.25, 0.3) is 0 Å². The number of nitrogens with one attached hydrogen (secondary N) is 2. The van der Waals surface area contributed by atoms with Crippen molar-refractivity contribution in [3.8, 4) is 0 Å². The molecule has 3 aromatic rings. The van der Waals surface area contributed by atoms with Gasteiger partial charge in [0.05, 0.1) is 6.42 Å². The molecule has 1 aliphatic rings. The predicted molar refractivity (Wildman–Crippen MR) is 103 cm³/mol. The van der Waals surface area contributed by atoms with Gasteiger partial charge in [0.2, 0.25) is 5.91 Å². The van der Waals surface area contributed by atoms with E-state index >= 15 is 0 Å². The van der Waals surface area contributed by atoms with E-state index in [9.17, 15) is 14.0 Å². The van der Waals surface area contributed by atoms with Crippen LogP contribution < -0.4 is 5.32 Å². The predicted octanol–water partition coefficient (Wildman–Crippen LogP) is 2.82. The summed E-state index contributed by atoms with van der Waals surface area (Å²) < 4.78 is 13.0. The number of carbonyl (C=O) groups is 2. The van der Waals surface area contributed by atoms with Crippen LogP contribution in [0.5, 0.6) is 0 Å². The van der Waals surface area contributed by atoms with E-state index in [1.165, 1.54) is 23.5 Å². The van der Waals surface area contributed by atoms with E-state index in [1.54, 1.807) is 34.7 Å². The van der Waals surface area contributed by atoms with Gasteiger partial charge in [-0.3, -0.25) is 20.0 Å². The Hall–Kier alpha value is -3.07. The Labute approximate surface area is 164 Å². The third-order valence-electron chi connectivity index (χ3n) is 4.73. The summed E-state index contributed by atoms with van der Waals surface area (Å²) in [5, 5.41) is 12.0. The van der Waals surface area contributed by atoms with Crippen LogP contribution in [0.4, 0.5) is 9.52 Å². The molecular formula is C19H18FN5O2S. The molecular weight excluding hydrogens is 381 g/mol. The van der Waals surface area contributed by atoms with Crippen LogP contribution in [0.1, 0.15) is 34.1 Å². The SMILES string of the molecule is O=C(Nc1nccs1)c1cc(C2CCN(C(=O)Cc3ccc(F)cc3)C2)[nH]n1. The first-order valence-electron chi connectivity index (χ1n) is 8.87. The number of likely N-dealkylation sites (tertiary alicyclic amines) is 1. The van der Waals surface area contributed by atoms with E-state index in [1.807, 2.05) is 0 Å². The van der Waals surface area contributed by atoms with E-state index in [4.69, 9.17) is 0 Å². The average molecular weight is 399 g/mol. The molecule has 7 nitrogen and oxygen atoms in total. The summed E-state index contributed by atoms with van der Waals surface area (Å²) in [7, 11) is 0. The van der Waals surface area contributed by atoms with Gasteiger partial charge in [0, 0.05) is 36.3 Å². The van der Waals surface area contributed by atoms with E-state index < -0.39 is 0 Å². The maximum atomic E-state index is 13.0. The van der Waals surface area contributed by atoms with Gasteiger partial charge in [0.15, 0.2) is 10.8 Å². The van der Waals surface area contributed by atoms with Gasteiger partial charge in [-0.15, -0.1) is 11.3 Å². The largest absolute Gasteiger partial charge is 0.342 e. The van der Waals surface area contributed by atoms with Crippen molar-refractivity contribution in [3.63, 3.8) is 0 Å². The zero-order valence-electron chi connectivity index (χ0n) is 14.9. The van der Waals surface area contributed by atoms with Crippen molar-refractivity contribution >= 4 is 28.3 Å². The first-order chi connectivity index (χ1) is 13.6. The van der Waals surface area contributed by atoms with E-state index in [2.05, 4.69) is 20.5 Å². The Balaban J connectivity index is 1.35. The average Bonchev–Trinajstić information content (AvgIpc) is 3.44. The number of thiazole rings is 1. The molecule has 4 rings (SSSR count). The van der Waals surface area contributed by atoms with Gasteiger partial charge in [-0.25, -0.2) is 9.37 Å². The van der Waals surface area contributed by atoms with Crippen LogP contribution in [-0.2, 0) is 11.2 Å². The molecule has 9 heteroatoms. The van der Waals surface area contributed by atoms with E-state index in [0.29, 0.717) is 23.9 Å². The number of nitrogens with zero attached hydrogens (tertiary/aromatic N) is 3. The minimum Gasteiger partial charge on any atom is -0.342 e. The van der Waals surface area contributed by atoms with Gasteiger partial charge >= 0.3 is 0 Å². The number of carbonyl (C=O) groups excluding carboxylic acids is 2. The number of benzene rings is 1. The fraction of sp³-hybridized carbons (Fsp3) is 0.263. The zero-order chi connectivity index (χ0) is 19.5. The van der Waals surface area contributed by atoms with Crippen LogP contribution in [0.15, 0.2) is 41.9 Å². The normalized spacial score (nSPS) is 16.3. The second kappa shape index (κ2) is 7.89. The minimum absolute atomic E-state index is 0.00959. The van der Waals surface area contributed by atoms with Crippen molar-refractivity contribution in [3.05, 3.63) is 64.7 Å². The molecule has 2 aromatic heterocycles. The second-order valence-electron chi connectivity index (χ2n) is 6.63. The summed E-state index contributed by atoms with van der Waals surface area (Å²) in [6, 6.07) is 7.70. The van der Waals surface area contributed by atoms with Gasteiger partial charge in [0.1, 0.15) is 5.82 Å². The molecule has 0 aliphatic carbocycles. The van der Waals surface area contributed by atoms with Gasteiger partial charge in [-0.1, -0.05) is 12.1 Å². The molecule has 0 spiro atoms. The molecule has 3 heterocycles. The summed E-state index contributed by atoms with van der Waals surface area (Å²) >= 11 is 1.34. The van der Waals surface area contributed by atoms with Gasteiger partial charge in [0.25, 0.3) is 5.91 Å². The number of aromatic amines is 1. The second-order valence-corrected chi connectivity index (χ2v) is 7.52. The Bertz CT molecular complexity index is 971. The van der Waals surface area contributed by atoms with Crippen LogP contribution >= 0.6 is 11.3 Å². The lowest BCUT2D eigenvalue weighted by atomic mass is 10.0. The molecule has 1 atom stereocenters. The Morgan fingerprint density at radius 3 is 2.89 bits per heavy atom. The molecule has 1 aliphatic heterocycles. The third-order valence-corrected chi connectivity index (χ3v) is 5.42. The lowest BCUT2D eigenvalue weighted by Crippen LogP contribution is -2.29. The van der Waals surface area contributed by atoms with E-state index in [-0.39, 0.29) is 30.0 Å². The minimum atomic E-state index is -0.320. The maximum absolute atomic E-state index is 13.0. The highest BCUT2D eigenvalue weighted by Crippen LogP contribution is 2.27. The smallest absolute Gasteiger partial charge is 0.277 e. The lowest BCUT2D eigenvalue weighted by molar-refractivity contribution is -0.129. The van der Waals surface area contributed by atoms with Gasteiger partial charge in [-0.05, 0) is 30.2 Å². The summed E-state index contributed by atoms with van der Waals surface area (Å²) in [5.41, 5.74) is 1.92. The molecule has 2 amide bonds. The number of aromatic nitrogens is 3. The summed E-state index contributed by atoms with van der Waals surface area (Å²) in [5.74, 6) is -0.521. The van der Waals surface area contributed by atoms with Crippen LogP contribution in [0.3, 0.4) is 0 Å². The number of hydrogen-bond donors (Lipinski definition) is 2. The highest BCUT2D eigenvalue weighted by Gasteiger charge is 2.29. The summed E-state index contributed by atoms with van der Waals surface area (Å²) in [4.78, 5) is 30.5. The summed E-state index contributed by atoms with van der Waals surface area (Å²) in [6.07, 6.45) is 2.66. The van der Waals surface area contributed by atoms with Crippen LogP contribution in [0, 0.1) is 5.82 Å².